The Morgan fingerprint density at radius 1 is 1.22 bits per heavy atom. The molecule has 3 rings (SSSR count). The standard InChI is InChI=1S/C17H20N4O2/c1-4-14(22)11(2)12-7-5-6-8-13(12)21-10-20-15-16(21)18-9-19-17(15)23-3/h5-11,14,22H,4H2,1-3H3/t11-,14+/m1/s1. The number of rotatable bonds is 5. The zero-order valence-corrected chi connectivity index (χ0v) is 13.5. The minimum atomic E-state index is -0.393. The van der Waals surface area contributed by atoms with Crippen molar-refractivity contribution in [1.82, 2.24) is 19.5 Å². The molecular formula is C17H20N4O2. The van der Waals surface area contributed by atoms with E-state index in [1.807, 2.05) is 42.7 Å². The summed E-state index contributed by atoms with van der Waals surface area (Å²) in [7, 11) is 1.56. The van der Waals surface area contributed by atoms with Gasteiger partial charge in [0.2, 0.25) is 5.88 Å². The fourth-order valence-corrected chi connectivity index (χ4v) is 2.79. The third-order valence-corrected chi connectivity index (χ3v) is 4.18. The number of para-hydroxylation sites is 1. The first-order chi connectivity index (χ1) is 11.2. The molecule has 0 spiro atoms. The van der Waals surface area contributed by atoms with Gasteiger partial charge < -0.3 is 9.84 Å². The number of ether oxygens (including phenoxy) is 1. The molecule has 0 saturated heterocycles. The van der Waals surface area contributed by atoms with Gasteiger partial charge in [-0.3, -0.25) is 4.57 Å². The van der Waals surface area contributed by atoms with Crippen molar-refractivity contribution < 1.29 is 9.84 Å². The summed E-state index contributed by atoms with van der Waals surface area (Å²) in [4.78, 5) is 12.8. The average molecular weight is 312 g/mol. The molecule has 6 nitrogen and oxygen atoms in total. The highest BCUT2D eigenvalue weighted by Gasteiger charge is 2.20. The molecule has 0 bridgehead atoms. The Morgan fingerprint density at radius 2 is 2.00 bits per heavy atom. The second kappa shape index (κ2) is 6.34. The molecule has 1 N–H and O–H groups in total. The Balaban J connectivity index is 2.17. The Kier molecular flexibility index (Phi) is 4.25. The Labute approximate surface area is 134 Å². The van der Waals surface area contributed by atoms with Crippen LogP contribution in [0.5, 0.6) is 5.88 Å². The van der Waals surface area contributed by atoms with Crippen LogP contribution in [0, 0.1) is 0 Å². The van der Waals surface area contributed by atoms with Gasteiger partial charge in [-0.2, -0.15) is 4.98 Å². The van der Waals surface area contributed by atoms with Crippen molar-refractivity contribution in [2.75, 3.05) is 7.11 Å². The molecule has 0 fully saturated rings. The summed E-state index contributed by atoms with van der Waals surface area (Å²) in [6, 6.07) is 7.98. The Hall–Kier alpha value is -2.47. The molecule has 0 aliphatic heterocycles. The number of aromatic nitrogens is 4. The maximum atomic E-state index is 10.2. The highest BCUT2D eigenvalue weighted by Crippen LogP contribution is 2.29. The van der Waals surface area contributed by atoms with E-state index in [0.717, 1.165) is 11.3 Å². The quantitative estimate of drug-likeness (QED) is 0.784. The first-order valence-corrected chi connectivity index (χ1v) is 7.66. The van der Waals surface area contributed by atoms with Crippen LogP contribution in [-0.4, -0.2) is 37.8 Å². The van der Waals surface area contributed by atoms with Crippen LogP contribution in [0.3, 0.4) is 0 Å². The first kappa shape index (κ1) is 15.4. The summed E-state index contributed by atoms with van der Waals surface area (Å²) in [5.41, 5.74) is 3.31. The largest absolute Gasteiger partial charge is 0.479 e. The maximum Gasteiger partial charge on any atom is 0.245 e. The minimum absolute atomic E-state index is 0.0115. The van der Waals surface area contributed by atoms with Gasteiger partial charge in [-0.25, -0.2) is 9.97 Å². The SMILES string of the molecule is CC[C@H](O)[C@H](C)c1ccccc1-n1cnc2c(OC)ncnc21. The second-order valence-electron chi connectivity index (χ2n) is 5.49. The summed E-state index contributed by atoms with van der Waals surface area (Å²) >= 11 is 0. The average Bonchev–Trinajstić information content (AvgIpc) is 3.04. The monoisotopic (exact) mass is 312 g/mol. The summed E-state index contributed by atoms with van der Waals surface area (Å²) in [6.07, 6.45) is 3.49. The highest BCUT2D eigenvalue weighted by molar-refractivity contribution is 5.78. The molecule has 3 aromatic rings. The van der Waals surface area contributed by atoms with E-state index < -0.39 is 6.10 Å². The molecule has 2 heterocycles. The number of hydrogen-bond donors (Lipinski definition) is 1. The lowest BCUT2D eigenvalue weighted by atomic mass is 9.92. The molecule has 0 radical (unpaired) electrons. The number of hydrogen-bond acceptors (Lipinski definition) is 5. The van der Waals surface area contributed by atoms with Crippen LogP contribution in [0.25, 0.3) is 16.9 Å². The van der Waals surface area contributed by atoms with Crippen molar-refractivity contribution in [2.24, 2.45) is 0 Å². The summed E-state index contributed by atoms with van der Waals surface area (Å²) in [5.74, 6) is 0.463. The van der Waals surface area contributed by atoms with E-state index in [9.17, 15) is 5.11 Å². The summed E-state index contributed by atoms with van der Waals surface area (Å²) in [5, 5.41) is 10.2. The molecule has 2 atom stereocenters. The van der Waals surface area contributed by atoms with Gasteiger partial charge in [-0.15, -0.1) is 0 Å². The van der Waals surface area contributed by atoms with E-state index in [1.165, 1.54) is 6.33 Å². The van der Waals surface area contributed by atoms with Crippen molar-refractivity contribution in [3.8, 4) is 11.6 Å². The van der Waals surface area contributed by atoms with Gasteiger partial charge in [-0.1, -0.05) is 32.0 Å². The minimum Gasteiger partial charge on any atom is -0.479 e. The number of imidazole rings is 1. The van der Waals surface area contributed by atoms with Crippen LogP contribution < -0.4 is 4.74 Å². The molecule has 0 aliphatic carbocycles. The van der Waals surface area contributed by atoms with Crippen LogP contribution in [0.4, 0.5) is 0 Å². The zero-order valence-electron chi connectivity index (χ0n) is 13.5. The Morgan fingerprint density at radius 3 is 2.74 bits per heavy atom. The van der Waals surface area contributed by atoms with Crippen LogP contribution in [0.2, 0.25) is 0 Å². The van der Waals surface area contributed by atoms with Crippen LogP contribution in [0.15, 0.2) is 36.9 Å². The Bertz CT molecular complexity index is 815. The lowest BCUT2D eigenvalue weighted by Crippen LogP contribution is -2.16. The predicted octanol–water partition coefficient (Wildman–Crippen LogP) is 2.70. The molecule has 6 heteroatoms. The molecule has 2 aromatic heterocycles. The lowest BCUT2D eigenvalue weighted by molar-refractivity contribution is 0.145. The molecule has 23 heavy (non-hydrogen) atoms. The van der Waals surface area contributed by atoms with E-state index in [4.69, 9.17) is 4.74 Å². The van der Waals surface area contributed by atoms with Crippen molar-refractivity contribution in [3.05, 3.63) is 42.5 Å². The summed E-state index contributed by atoms with van der Waals surface area (Å²) in [6.45, 7) is 4.01. The highest BCUT2D eigenvalue weighted by atomic mass is 16.5. The van der Waals surface area contributed by atoms with E-state index in [0.29, 0.717) is 23.5 Å². The number of aliphatic hydroxyl groups is 1. The third kappa shape index (κ3) is 2.66. The molecule has 0 unspecified atom stereocenters. The van der Waals surface area contributed by atoms with Gasteiger partial charge in [-0.05, 0) is 18.1 Å². The van der Waals surface area contributed by atoms with Crippen LogP contribution >= 0.6 is 0 Å². The van der Waals surface area contributed by atoms with E-state index in [1.54, 1.807) is 13.4 Å². The fourth-order valence-electron chi connectivity index (χ4n) is 2.79. The summed E-state index contributed by atoms with van der Waals surface area (Å²) < 4.78 is 7.15. The molecule has 1 aromatic carbocycles. The second-order valence-corrected chi connectivity index (χ2v) is 5.49. The van der Waals surface area contributed by atoms with Gasteiger partial charge in [0, 0.05) is 5.92 Å². The van der Waals surface area contributed by atoms with Gasteiger partial charge in [0.1, 0.15) is 12.7 Å². The predicted molar refractivity (Wildman–Crippen MR) is 87.9 cm³/mol. The zero-order chi connectivity index (χ0) is 16.4. The van der Waals surface area contributed by atoms with E-state index in [-0.39, 0.29) is 5.92 Å². The van der Waals surface area contributed by atoms with Gasteiger partial charge in [0.25, 0.3) is 0 Å². The van der Waals surface area contributed by atoms with Gasteiger partial charge in [0.15, 0.2) is 11.2 Å². The smallest absolute Gasteiger partial charge is 0.245 e. The third-order valence-electron chi connectivity index (χ3n) is 4.18. The van der Waals surface area contributed by atoms with Crippen LogP contribution in [0.1, 0.15) is 31.7 Å². The fraction of sp³-hybridized carbons (Fsp3) is 0.353. The molecular weight excluding hydrogens is 292 g/mol. The van der Waals surface area contributed by atoms with Crippen molar-refractivity contribution in [2.45, 2.75) is 32.3 Å². The number of nitrogens with zero attached hydrogens (tertiary/aromatic N) is 4. The van der Waals surface area contributed by atoms with Crippen molar-refractivity contribution in [1.29, 1.82) is 0 Å². The first-order valence-electron chi connectivity index (χ1n) is 7.66. The van der Waals surface area contributed by atoms with E-state index >= 15 is 0 Å². The number of fused-ring (bicyclic) bond motifs is 1. The van der Waals surface area contributed by atoms with Gasteiger partial charge >= 0.3 is 0 Å². The molecule has 0 amide bonds. The molecule has 0 aliphatic rings. The van der Waals surface area contributed by atoms with Crippen molar-refractivity contribution in [3.63, 3.8) is 0 Å². The number of methoxy groups -OCH3 is 1. The van der Waals surface area contributed by atoms with E-state index in [2.05, 4.69) is 15.0 Å². The molecule has 120 valence electrons. The lowest BCUT2D eigenvalue weighted by Gasteiger charge is -2.21. The maximum absolute atomic E-state index is 10.2. The topological polar surface area (TPSA) is 73.1 Å². The number of benzene rings is 1. The number of aliphatic hydroxyl groups excluding tert-OH is 1. The van der Waals surface area contributed by atoms with Crippen molar-refractivity contribution >= 4 is 11.2 Å². The van der Waals surface area contributed by atoms with Crippen LogP contribution in [-0.2, 0) is 0 Å². The molecule has 0 saturated carbocycles. The normalized spacial score (nSPS) is 13.9. The van der Waals surface area contributed by atoms with Gasteiger partial charge in [0.05, 0.1) is 18.9 Å².